The predicted molar refractivity (Wildman–Crippen MR) is 114 cm³/mol. The molecule has 1 aromatic carbocycles. The highest BCUT2D eigenvalue weighted by Gasteiger charge is 2.22. The molecule has 3 rings (SSSR count). The zero-order valence-electron chi connectivity index (χ0n) is 17.1. The maximum absolute atomic E-state index is 12.2. The van der Waals surface area contributed by atoms with Crippen molar-refractivity contribution in [2.24, 2.45) is 5.92 Å². The molecule has 1 aromatic heterocycles. The number of carbonyl (C=O) groups excluding carboxylic acids is 2. The van der Waals surface area contributed by atoms with E-state index in [4.69, 9.17) is 0 Å². The van der Waals surface area contributed by atoms with Gasteiger partial charge in [0.15, 0.2) is 0 Å². The van der Waals surface area contributed by atoms with Crippen LogP contribution in [0.15, 0.2) is 48.7 Å². The van der Waals surface area contributed by atoms with Gasteiger partial charge in [0.1, 0.15) is 5.69 Å². The summed E-state index contributed by atoms with van der Waals surface area (Å²) in [6.07, 6.45) is 3.66. The average Bonchev–Trinajstić information content (AvgIpc) is 3.19. The highest BCUT2D eigenvalue weighted by atomic mass is 16.2. The molecule has 1 aliphatic heterocycles. The summed E-state index contributed by atoms with van der Waals surface area (Å²) >= 11 is 0. The number of likely N-dealkylation sites (tertiary alicyclic amines) is 1. The highest BCUT2D eigenvalue weighted by molar-refractivity contribution is 5.95. The molecule has 0 bridgehead atoms. The molecule has 3 amide bonds. The maximum atomic E-state index is 12.2. The van der Waals surface area contributed by atoms with Gasteiger partial charge in [-0.25, -0.2) is 4.79 Å². The lowest BCUT2D eigenvalue weighted by Gasteiger charge is -2.16. The molecule has 0 spiro atoms. The van der Waals surface area contributed by atoms with Crippen LogP contribution in [0.3, 0.4) is 0 Å². The van der Waals surface area contributed by atoms with Crippen molar-refractivity contribution >= 4 is 17.6 Å². The zero-order valence-corrected chi connectivity index (χ0v) is 17.1. The number of rotatable bonds is 7. The maximum Gasteiger partial charge on any atom is 0.319 e. The third-order valence-electron chi connectivity index (χ3n) is 5.12. The number of hydrogen-bond donors (Lipinski definition) is 2. The molecular formula is C22H29N5O2. The van der Waals surface area contributed by atoms with Gasteiger partial charge in [0.2, 0.25) is 0 Å². The number of nitrogens with one attached hydrogen (secondary N) is 2. The number of nitrogens with zero attached hydrogens (tertiary/aromatic N) is 3. The molecule has 7 nitrogen and oxygen atoms in total. The quantitative estimate of drug-likeness (QED) is 0.755. The van der Waals surface area contributed by atoms with Crippen LogP contribution in [0, 0.1) is 5.92 Å². The minimum absolute atomic E-state index is 0.199. The number of anilines is 1. The van der Waals surface area contributed by atoms with E-state index in [9.17, 15) is 9.59 Å². The van der Waals surface area contributed by atoms with Crippen LogP contribution in [0.2, 0.25) is 0 Å². The molecule has 1 unspecified atom stereocenters. The molecule has 29 heavy (non-hydrogen) atoms. The minimum atomic E-state index is -0.262. The summed E-state index contributed by atoms with van der Waals surface area (Å²) < 4.78 is 0. The Hall–Kier alpha value is -2.93. The Morgan fingerprint density at radius 1 is 1.21 bits per heavy atom. The van der Waals surface area contributed by atoms with Gasteiger partial charge < -0.3 is 20.4 Å². The number of hydrogen-bond acceptors (Lipinski definition) is 4. The minimum Gasteiger partial charge on any atom is -0.343 e. The third kappa shape index (κ3) is 6.29. The Labute approximate surface area is 172 Å². The van der Waals surface area contributed by atoms with Crippen molar-refractivity contribution in [1.29, 1.82) is 0 Å². The van der Waals surface area contributed by atoms with Crippen molar-refractivity contribution in [1.82, 2.24) is 20.1 Å². The fourth-order valence-electron chi connectivity index (χ4n) is 3.48. The largest absolute Gasteiger partial charge is 0.343 e. The van der Waals surface area contributed by atoms with Crippen LogP contribution in [-0.2, 0) is 6.42 Å². The molecule has 0 radical (unpaired) electrons. The first-order valence-electron chi connectivity index (χ1n) is 10.00. The van der Waals surface area contributed by atoms with Gasteiger partial charge >= 0.3 is 6.03 Å². The van der Waals surface area contributed by atoms with Crippen LogP contribution in [0.5, 0.6) is 0 Å². The third-order valence-corrected chi connectivity index (χ3v) is 5.12. The standard InChI is InChI=1S/C22H29N5O2/c1-26(2)21(28)20-14-19(8-11-23-20)25-22(29)24-15-18-10-13-27(16-18)12-9-17-6-4-3-5-7-17/h3-8,11,14,18H,9-10,12-13,15-16H2,1-2H3,(H2,23,24,25,29). The summed E-state index contributed by atoms with van der Waals surface area (Å²) in [5.74, 6) is 0.260. The van der Waals surface area contributed by atoms with E-state index in [1.54, 1.807) is 26.2 Å². The molecule has 7 heteroatoms. The van der Waals surface area contributed by atoms with Crippen molar-refractivity contribution in [3.8, 4) is 0 Å². The van der Waals surface area contributed by atoms with Crippen LogP contribution < -0.4 is 10.6 Å². The van der Waals surface area contributed by atoms with Gasteiger partial charge in [-0.05, 0) is 43.0 Å². The van der Waals surface area contributed by atoms with Gasteiger partial charge in [-0.3, -0.25) is 9.78 Å². The summed E-state index contributed by atoms with van der Waals surface area (Å²) in [6, 6.07) is 13.5. The Morgan fingerprint density at radius 2 is 2.00 bits per heavy atom. The van der Waals surface area contributed by atoms with Gasteiger partial charge in [0.25, 0.3) is 5.91 Å². The topological polar surface area (TPSA) is 77.6 Å². The second-order valence-corrected chi connectivity index (χ2v) is 7.66. The molecule has 1 fully saturated rings. The van der Waals surface area contributed by atoms with E-state index in [1.807, 2.05) is 6.07 Å². The number of urea groups is 1. The molecule has 0 aliphatic carbocycles. The second-order valence-electron chi connectivity index (χ2n) is 7.66. The molecule has 2 heterocycles. The van der Waals surface area contributed by atoms with E-state index >= 15 is 0 Å². The number of amides is 3. The Balaban J connectivity index is 1.40. The first kappa shape index (κ1) is 20.8. The van der Waals surface area contributed by atoms with Crippen molar-refractivity contribution < 1.29 is 9.59 Å². The molecule has 154 valence electrons. The summed E-state index contributed by atoms with van der Waals surface area (Å²) in [5, 5.41) is 5.73. The number of aromatic nitrogens is 1. The molecule has 1 saturated heterocycles. The normalized spacial score (nSPS) is 16.4. The van der Waals surface area contributed by atoms with Crippen molar-refractivity contribution in [2.45, 2.75) is 12.8 Å². The summed E-state index contributed by atoms with van der Waals surface area (Å²) in [5.41, 5.74) is 2.22. The molecule has 1 aliphatic rings. The van der Waals surface area contributed by atoms with Gasteiger partial charge in [0.05, 0.1) is 0 Å². The lowest BCUT2D eigenvalue weighted by molar-refractivity contribution is 0.0822. The Morgan fingerprint density at radius 3 is 2.76 bits per heavy atom. The van der Waals surface area contributed by atoms with E-state index in [2.05, 4.69) is 44.8 Å². The van der Waals surface area contributed by atoms with Crippen molar-refractivity contribution in [3.05, 3.63) is 59.9 Å². The fourth-order valence-corrected chi connectivity index (χ4v) is 3.48. The van der Waals surface area contributed by atoms with E-state index in [0.29, 0.717) is 23.8 Å². The lowest BCUT2D eigenvalue weighted by Crippen LogP contribution is -2.34. The molecule has 0 saturated carbocycles. The van der Waals surface area contributed by atoms with E-state index in [0.717, 1.165) is 32.5 Å². The van der Waals surface area contributed by atoms with Crippen molar-refractivity contribution in [3.63, 3.8) is 0 Å². The Kier molecular flexibility index (Phi) is 7.19. The first-order valence-corrected chi connectivity index (χ1v) is 10.00. The summed E-state index contributed by atoms with van der Waals surface area (Å²) in [7, 11) is 3.34. The summed E-state index contributed by atoms with van der Waals surface area (Å²) in [4.78, 5) is 32.2. The number of carbonyl (C=O) groups is 2. The summed E-state index contributed by atoms with van der Waals surface area (Å²) in [6.45, 7) is 3.76. The molecular weight excluding hydrogens is 366 g/mol. The van der Waals surface area contributed by atoms with Crippen LogP contribution in [-0.4, -0.2) is 67.0 Å². The number of benzene rings is 1. The first-order chi connectivity index (χ1) is 14.0. The van der Waals surface area contributed by atoms with E-state index in [1.165, 1.54) is 16.7 Å². The highest BCUT2D eigenvalue weighted by Crippen LogP contribution is 2.16. The van der Waals surface area contributed by atoms with Gasteiger partial charge in [-0.1, -0.05) is 30.3 Å². The molecule has 2 aromatic rings. The van der Waals surface area contributed by atoms with E-state index in [-0.39, 0.29) is 11.9 Å². The number of pyridine rings is 1. The monoisotopic (exact) mass is 395 g/mol. The molecule has 1 atom stereocenters. The average molecular weight is 396 g/mol. The van der Waals surface area contributed by atoms with Crippen LogP contribution in [0.4, 0.5) is 10.5 Å². The Bertz CT molecular complexity index is 825. The van der Waals surface area contributed by atoms with Crippen LogP contribution >= 0.6 is 0 Å². The van der Waals surface area contributed by atoms with Gasteiger partial charge in [0, 0.05) is 45.6 Å². The van der Waals surface area contributed by atoms with Crippen molar-refractivity contribution in [2.75, 3.05) is 45.6 Å². The smallest absolute Gasteiger partial charge is 0.319 e. The molecule has 2 N–H and O–H groups in total. The van der Waals surface area contributed by atoms with E-state index < -0.39 is 0 Å². The van der Waals surface area contributed by atoms with Crippen LogP contribution in [0.1, 0.15) is 22.5 Å². The SMILES string of the molecule is CN(C)C(=O)c1cc(NC(=O)NCC2CCN(CCc3ccccc3)C2)ccn1. The van der Waals surface area contributed by atoms with Gasteiger partial charge in [-0.2, -0.15) is 0 Å². The van der Waals surface area contributed by atoms with Gasteiger partial charge in [-0.15, -0.1) is 0 Å². The fraction of sp³-hybridized carbons (Fsp3) is 0.409. The second kappa shape index (κ2) is 10.0. The van der Waals surface area contributed by atoms with Crippen LogP contribution in [0.25, 0.3) is 0 Å². The zero-order chi connectivity index (χ0) is 20.6. The lowest BCUT2D eigenvalue weighted by atomic mass is 10.1. The predicted octanol–water partition coefficient (Wildman–Crippen LogP) is 2.47.